The largest absolute Gasteiger partial charge is 0.405 e. The summed E-state index contributed by atoms with van der Waals surface area (Å²) < 4.78 is 36.0. The third-order valence-corrected chi connectivity index (χ3v) is 3.60. The Morgan fingerprint density at radius 2 is 1.72 bits per heavy atom. The molecule has 0 saturated carbocycles. The molecule has 1 aromatic rings. The van der Waals surface area contributed by atoms with Crippen molar-refractivity contribution in [2.75, 3.05) is 13.1 Å². The molecule has 3 amide bonds. The fourth-order valence-corrected chi connectivity index (χ4v) is 2.30. The van der Waals surface area contributed by atoms with E-state index in [9.17, 15) is 22.8 Å². The third-order valence-electron chi connectivity index (χ3n) is 3.60. The van der Waals surface area contributed by atoms with Crippen LogP contribution in [-0.4, -0.2) is 31.2 Å². The number of aryl methyl sites for hydroxylation is 1. The first-order valence-corrected chi connectivity index (χ1v) is 8.09. The van der Waals surface area contributed by atoms with Crippen molar-refractivity contribution in [3.05, 3.63) is 35.4 Å². The summed E-state index contributed by atoms with van der Waals surface area (Å²) in [5.41, 5.74) is 2.20. The number of hydrogen-bond acceptors (Lipinski definition) is 3. The summed E-state index contributed by atoms with van der Waals surface area (Å²) in [4.78, 5) is 23.0. The van der Waals surface area contributed by atoms with Crippen LogP contribution in [0.5, 0.6) is 0 Å². The maximum absolute atomic E-state index is 12.0. The predicted octanol–water partition coefficient (Wildman–Crippen LogP) is 2.92. The van der Waals surface area contributed by atoms with Gasteiger partial charge in [-0.05, 0) is 23.5 Å². The molecule has 0 radical (unpaired) electrons. The van der Waals surface area contributed by atoms with Gasteiger partial charge in [0.1, 0.15) is 6.54 Å². The number of halogens is 3. The first-order chi connectivity index (χ1) is 11.6. The summed E-state index contributed by atoms with van der Waals surface area (Å²) in [6.07, 6.45) is -3.60. The second-order valence-corrected chi connectivity index (χ2v) is 6.04. The van der Waals surface area contributed by atoms with Crippen molar-refractivity contribution in [3.8, 4) is 0 Å². The number of nitrogens with one attached hydrogen (secondary N) is 3. The summed E-state index contributed by atoms with van der Waals surface area (Å²) >= 11 is 0. The molecule has 0 heterocycles. The Bertz CT molecular complexity index is 571. The van der Waals surface area contributed by atoms with Gasteiger partial charge in [0.05, 0.1) is 6.54 Å². The fraction of sp³-hybridized carbons (Fsp3) is 0.529. The summed E-state index contributed by atoms with van der Waals surface area (Å²) in [6, 6.07) is 6.69. The Balaban J connectivity index is 2.53. The second-order valence-electron chi connectivity index (χ2n) is 6.04. The van der Waals surface area contributed by atoms with Crippen molar-refractivity contribution in [1.82, 2.24) is 16.0 Å². The summed E-state index contributed by atoms with van der Waals surface area (Å²) in [5.74, 6) is -0.519. The van der Waals surface area contributed by atoms with Crippen LogP contribution < -0.4 is 16.0 Å². The molecule has 0 aliphatic carbocycles. The summed E-state index contributed by atoms with van der Waals surface area (Å²) in [6.45, 7) is 4.36. The summed E-state index contributed by atoms with van der Waals surface area (Å²) in [5, 5.41) is 6.49. The highest BCUT2D eigenvalue weighted by atomic mass is 19.4. The van der Waals surface area contributed by atoms with Gasteiger partial charge in [0.25, 0.3) is 0 Å². The van der Waals surface area contributed by atoms with Crippen LogP contribution in [0.15, 0.2) is 24.3 Å². The van der Waals surface area contributed by atoms with Crippen LogP contribution in [0.25, 0.3) is 0 Å². The maximum Gasteiger partial charge on any atom is 0.405 e. The van der Waals surface area contributed by atoms with E-state index in [0.29, 0.717) is 0 Å². The zero-order valence-electron chi connectivity index (χ0n) is 14.5. The molecule has 140 valence electrons. The Kier molecular flexibility index (Phi) is 7.89. The highest BCUT2D eigenvalue weighted by molar-refractivity contribution is 5.95. The molecule has 0 saturated heterocycles. The molecule has 1 aromatic carbocycles. The minimum atomic E-state index is -4.52. The highest BCUT2D eigenvalue weighted by Gasteiger charge is 2.28. The molecule has 0 spiro atoms. The van der Waals surface area contributed by atoms with Crippen LogP contribution in [-0.2, 0) is 11.2 Å². The highest BCUT2D eigenvalue weighted by Crippen LogP contribution is 2.22. The van der Waals surface area contributed by atoms with Gasteiger partial charge in [-0.3, -0.25) is 10.1 Å². The van der Waals surface area contributed by atoms with Crippen molar-refractivity contribution in [3.63, 3.8) is 0 Å². The van der Waals surface area contributed by atoms with E-state index in [2.05, 4.69) is 12.2 Å². The lowest BCUT2D eigenvalue weighted by Gasteiger charge is -2.23. The van der Waals surface area contributed by atoms with Crippen LogP contribution >= 0.6 is 0 Å². The summed E-state index contributed by atoms with van der Waals surface area (Å²) in [7, 11) is 0. The van der Waals surface area contributed by atoms with Crippen LogP contribution in [0.4, 0.5) is 18.0 Å². The van der Waals surface area contributed by atoms with Crippen LogP contribution in [0, 0.1) is 5.92 Å². The zero-order chi connectivity index (χ0) is 19.0. The number of carbonyl (C=O) groups excluding carboxylic acids is 2. The zero-order valence-corrected chi connectivity index (χ0v) is 14.5. The fourth-order valence-electron chi connectivity index (χ4n) is 2.30. The van der Waals surface area contributed by atoms with Gasteiger partial charge in [0.15, 0.2) is 0 Å². The first kappa shape index (κ1) is 21.0. The Hall–Kier alpha value is -2.09. The molecule has 8 heteroatoms. The average Bonchev–Trinajstić information content (AvgIpc) is 2.52. The van der Waals surface area contributed by atoms with E-state index in [1.807, 2.05) is 43.4 Å². The van der Waals surface area contributed by atoms with Crippen molar-refractivity contribution >= 4 is 11.9 Å². The SMILES string of the molecule is CCc1ccc(C(NCC(=O)NC(=O)NCC(F)(F)F)C(C)C)cc1. The minimum Gasteiger partial charge on any atom is -0.329 e. The number of amides is 3. The van der Waals surface area contributed by atoms with Gasteiger partial charge >= 0.3 is 12.2 Å². The number of hydrogen-bond donors (Lipinski definition) is 3. The lowest BCUT2D eigenvalue weighted by molar-refractivity contribution is -0.124. The van der Waals surface area contributed by atoms with E-state index >= 15 is 0 Å². The molecule has 0 fully saturated rings. The molecular weight excluding hydrogens is 335 g/mol. The molecule has 0 aliphatic heterocycles. The Morgan fingerprint density at radius 1 is 1.12 bits per heavy atom. The number of carbonyl (C=O) groups is 2. The number of urea groups is 1. The minimum absolute atomic E-state index is 0.116. The quantitative estimate of drug-likeness (QED) is 0.701. The van der Waals surface area contributed by atoms with Gasteiger partial charge in [0, 0.05) is 6.04 Å². The average molecular weight is 359 g/mol. The topological polar surface area (TPSA) is 70.2 Å². The van der Waals surface area contributed by atoms with Gasteiger partial charge in [0.2, 0.25) is 5.91 Å². The molecule has 5 nitrogen and oxygen atoms in total. The van der Waals surface area contributed by atoms with Gasteiger partial charge in [-0.2, -0.15) is 13.2 Å². The van der Waals surface area contributed by atoms with Crippen LogP contribution in [0.3, 0.4) is 0 Å². The molecule has 0 aliphatic rings. The number of benzene rings is 1. The van der Waals surface area contributed by atoms with E-state index in [1.165, 1.54) is 5.56 Å². The van der Waals surface area contributed by atoms with Crippen molar-refractivity contribution < 1.29 is 22.8 Å². The number of alkyl halides is 3. The lowest BCUT2D eigenvalue weighted by Crippen LogP contribution is -2.46. The van der Waals surface area contributed by atoms with Gasteiger partial charge in [-0.1, -0.05) is 45.0 Å². The molecule has 0 aromatic heterocycles. The molecule has 25 heavy (non-hydrogen) atoms. The monoisotopic (exact) mass is 359 g/mol. The molecule has 3 N–H and O–H groups in total. The van der Waals surface area contributed by atoms with E-state index in [1.54, 1.807) is 5.32 Å². The smallest absolute Gasteiger partial charge is 0.329 e. The van der Waals surface area contributed by atoms with E-state index < -0.39 is 24.7 Å². The van der Waals surface area contributed by atoms with Gasteiger partial charge in [-0.25, -0.2) is 4.79 Å². The molecule has 1 atom stereocenters. The molecule has 0 bridgehead atoms. The third kappa shape index (κ3) is 8.02. The maximum atomic E-state index is 12.0. The van der Waals surface area contributed by atoms with Gasteiger partial charge < -0.3 is 10.6 Å². The molecular formula is C17H24F3N3O2. The lowest BCUT2D eigenvalue weighted by atomic mass is 9.95. The number of imide groups is 1. The predicted molar refractivity (Wildman–Crippen MR) is 89.0 cm³/mol. The first-order valence-electron chi connectivity index (χ1n) is 8.09. The standard InChI is InChI=1S/C17H24F3N3O2/c1-4-12-5-7-13(8-6-12)15(11(2)3)21-9-14(24)23-16(25)22-10-17(18,19)20/h5-8,11,15,21H,4,9-10H2,1-3H3,(H2,22,23,24,25). The van der Waals surface area contributed by atoms with Crippen LogP contribution in [0.2, 0.25) is 0 Å². The number of rotatable bonds is 7. The van der Waals surface area contributed by atoms with Crippen molar-refractivity contribution in [2.24, 2.45) is 5.92 Å². The molecule has 1 unspecified atom stereocenters. The van der Waals surface area contributed by atoms with Crippen molar-refractivity contribution in [2.45, 2.75) is 39.4 Å². The van der Waals surface area contributed by atoms with Crippen molar-refractivity contribution in [1.29, 1.82) is 0 Å². The second kappa shape index (κ2) is 9.41. The molecule has 1 rings (SSSR count). The van der Waals surface area contributed by atoms with Crippen LogP contribution in [0.1, 0.15) is 37.9 Å². The Morgan fingerprint density at radius 3 is 2.20 bits per heavy atom. The van der Waals surface area contributed by atoms with Gasteiger partial charge in [-0.15, -0.1) is 0 Å². The van der Waals surface area contributed by atoms with E-state index in [-0.39, 0.29) is 18.5 Å². The normalized spacial score (nSPS) is 12.8. The Labute approximate surface area is 145 Å². The van der Waals surface area contributed by atoms with E-state index in [4.69, 9.17) is 0 Å². The van der Waals surface area contributed by atoms with E-state index in [0.717, 1.165) is 12.0 Å².